The third-order valence-electron chi connectivity index (χ3n) is 3.96. The minimum atomic E-state index is 0.121. The number of rotatable bonds is 6. The molecule has 0 amide bonds. The van der Waals surface area contributed by atoms with E-state index < -0.39 is 0 Å². The fourth-order valence-corrected chi connectivity index (χ4v) is 4.39. The molecule has 0 saturated heterocycles. The average Bonchev–Trinajstić information content (AvgIpc) is 2.95. The van der Waals surface area contributed by atoms with Gasteiger partial charge in [-0.3, -0.25) is 0 Å². The molecular weight excluding hydrogens is 254 g/mol. The van der Waals surface area contributed by atoms with E-state index in [2.05, 4.69) is 42.1 Å². The van der Waals surface area contributed by atoms with Gasteiger partial charge in [0.25, 0.3) is 0 Å². The van der Waals surface area contributed by atoms with Gasteiger partial charge in [-0.2, -0.15) is 11.8 Å². The van der Waals surface area contributed by atoms with Crippen LogP contribution in [0.5, 0.6) is 0 Å². The zero-order valence-corrected chi connectivity index (χ0v) is 13.2. The van der Waals surface area contributed by atoms with Crippen LogP contribution in [0.1, 0.15) is 64.2 Å². The first-order valence-corrected chi connectivity index (χ1v) is 8.57. The van der Waals surface area contributed by atoms with Crippen molar-refractivity contribution in [1.82, 2.24) is 9.55 Å². The first-order valence-electron chi connectivity index (χ1n) is 7.52. The number of thioether (sulfide) groups is 1. The van der Waals surface area contributed by atoms with Gasteiger partial charge in [0.15, 0.2) is 0 Å². The number of imidazole rings is 1. The molecule has 1 aliphatic rings. The van der Waals surface area contributed by atoms with Crippen LogP contribution in [0.4, 0.5) is 0 Å². The molecule has 0 radical (unpaired) electrons. The van der Waals surface area contributed by atoms with Crippen LogP contribution in [0.2, 0.25) is 0 Å². The lowest BCUT2D eigenvalue weighted by atomic mass is 10.0. The summed E-state index contributed by atoms with van der Waals surface area (Å²) in [6.45, 7) is 6.71. The van der Waals surface area contributed by atoms with E-state index in [-0.39, 0.29) is 6.04 Å². The van der Waals surface area contributed by atoms with Crippen LogP contribution >= 0.6 is 11.8 Å². The standard InChI is InChI=1S/C15H27N3S/c1-4-19-15-7-5-6-13(15)18-10-17-9-14(18)12(16)8-11(2)3/h9-13,15H,4-8,16H2,1-3H3. The van der Waals surface area contributed by atoms with E-state index in [1.165, 1.54) is 30.7 Å². The number of aromatic nitrogens is 2. The summed E-state index contributed by atoms with van der Waals surface area (Å²) in [6.07, 6.45) is 8.94. The molecule has 2 N–H and O–H groups in total. The topological polar surface area (TPSA) is 43.8 Å². The largest absolute Gasteiger partial charge is 0.329 e. The average molecular weight is 281 g/mol. The molecule has 2 rings (SSSR count). The van der Waals surface area contributed by atoms with Crippen molar-refractivity contribution in [2.45, 2.75) is 63.8 Å². The summed E-state index contributed by atoms with van der Waals surface area (Å²) < 4.78 is 2.37. The maximum atomic E-state index is 6.36. The second-order valence-electron chi connectivity index (χ2n) is 5.95. The molecule has 0 aliphatic heterocycles. The van der Waals surface area contributed by atoms with Gasteiger partial charge in [-0.25, -0.2) is 4.98 Å². The van der Waals surface area contributed by atoms with Crippen LogP contribution in [-0.4, -0.2) is 20.6 Å². The van der Waals surface area contributed by atoms with Gasteiger partial charge in [-0.1, -0.05) is 27.2 Å². The van der Waals surface area contributed by atoms with Crippen LogP contribution in [0.25, 0.3) is 0 Å². The highest BCUT2D eigenvalue weighted by Gasteiger charge is 2.30. The highest BCUT2D eigenvalue weighted by molar-refractivity contribution is 7.99. The maximum absolute atomic E-state index is 6.36. The van der Waals surface area contributed by atoms with E-state index in [1.54, 1.807) is 0 Å². The van der Waals surface area contributed by atoms with Crippen LogP contribution in [0, 0.1) is 5.92 Å². The summed E-state index contributed by atoms with van der Waals surface area (Å²) in [5.74, 6) is 1.83. The van der Waals surface area contributed by atoms with E-state index in [4.69, 9.17) is 5.73 Å². The number of nitrogens with zero attached hydrogens (tertiary/aromatic N) is 2. The van der Waals surface area contributed by atoms with Gasteiger partial charge in [-0.05, 0) is 30.9 Å². The van der Waals surface area contributed by atoms with Crippen molar-refractivity contribution in [1.29, 1.82) is 0 Å². The summed E-state index contributed by atoms with van der Waals surface area (Å²) >= 11 is 2.09. The molecule has 4 heteroatoms. The highest BCUT2D eigenvalue weighted by Crippen LogP contribution is 2.39. The second kappa shape index (κ2) is 6.80. The molecule has 3 unspecified atom stereocenters. The van der Waals surface area contributed by atoms with E-state index in [9.17, 15) is 0 Å². The maximum Gasteiger partial charge on any atom is 0.0951 e. The highest BCUT2D eigenvalue weighted by atomic mass is 32.2. The zero-order chi connectivity index (χ0) is 13.8. The quantitative estimate of drug-likeness (QED) is 0.863. The van der Waals surface area contributed by atoms with Gasteiger partial charge in [0.2, 0.25) is 0 Å². The van der Waals surface area contributed by atoms with Crippen LogP contribution in [0.15, 0.2) is 12.5 Å². The summed E-state index contributed by atoms with van der Waals surface area (Å²) in [7, 11) is 0. The summed E-state index contributed by atoms with van der Waals surface area (Å²) in [5, 5.41) is 0.740. The van der Waals surface area contributed by atoms with Crippen LogP contribution in [0.3, 0.4) is 0 Å². The van der Waals surface area contributed by atoms with Gasteiger partial charge in [0.05, 0.1) is 12.0 Å². The van der Waals surface area contributed by atoms with Gasteiger partial charge in [0.1, 0.15) is 0 Å². The normalized spacial score (nSPS) is 25.1. The lowest BCUT2D eigenvalue weighted by Gasteiger charge is -2.25. The summed E-state index contributed by atoms with van der Waals surface area (Å²) in [6, 6.07) is 0.719. The van der Waals surface area contributed by atoms with Crippen molar-refractivity contribution >= 4 is 11.8 Å². The van der Waals surface area contributed by atoms with Crippen molar-refractivity contribution in [3.8, 4) is 0 Å². The number of hydrogen-bond donors (Lipinski definition) is 1. The molecule has 1 heterocycles. The number of hydrogen-bond acceptors (Lipinski definition) is 3. The first kappa shape index (κ1) is 14.9. The van der Waals surface area contributed by atoms with Crippen molar-refractivity contribution in [2.75, 3.05) is 5.75 Å². The molecule has 0 aromatic carbocycles. The van der Waals surface area contributed by atoms with Crippen LogP contribution in [-0.2, 0) is 0 Å². The van der Waals surface area contributed by atoms with Crippen molar-refractivity contribution in [3.63, 3.8) is 0 Å². The Hall–Kier alpha value is -0.480. The Morgan fingerprint density at radius 1 is 1.47 bits per heavy atom. The lowest BCUT2D eigenvalue weighted by molar-refractivity contribution is 0.449. The third kappa shape index (κ3) is 3.54. The Kier molecular flexibility index (Phi) is 5.34. The lowest BCUT2D eigenvalue weighted by Crippen LogP contribution is -2.23. The Morgan fingerprint density at radius 3 is 2.95 bits per heavy atom. The molecular formula is C15H27N3S. The molecule has 1 aliphatic carbocycles. The van der Waals surface area contributed by atoms with E-state index >= 15 is 0 Å². The molecule has 3 atom stereocenters. The second-order valence-corrected chi connectivity index (χ2v) is 7.47. The minimum Gasteiger partial charge on any atom is -0.329 e. The van der Waals surface area contributed by atoms with Gasteiger partial charge < -0.3 is 10.3 Å². The Morgan fingerprint density at radius 2 is 2.26 bits per heavy atom. The van der Waals surface area contributed by atoms with Gasteiger partial charge in [0, 0.05) is 23.5 Å². The summed E-state index contributed by atoms with van der Waals surface area (Å²) in [4.78, 5) is 4.36. The predicted molar refractivity (Wildman–Crippen MR) is 83.4 cm³/mol. The third-order valence-corrected chi connectivity index (χ3v) is 5.27. The first-order chi connectivity index (χ1) is 9.13. The molecule has 1 aromatic heterocycles. The molecule has 1 fully saturated rings. The molecule has 0 spiro atoms. The molecule has 1 saturated carbocycles. The molecule has 1 aromatic rings. The van der Waals surface area contributed by atoms with Gasteiger partial charge >= 0.3 is 0 Å². The molecule has 108 valence electrons. The number of nitrogens with two attached hydrogens (primary N) is 1. The van der Waals surface area contributed by atoms with E-state index in [0.29, 0.717) is 12.0 Å². The molecule has 3 nitrogen and oxygen atoms in total. The fraction of sp³-hybridized carbons (Fsp3) is 0.800. The van der Waals surface area contributed by atoms with E-state index in [0.717, 1.165) is 11.7 Å². The Bertz CT molecular complexity index is 388. The fourth-order valence-electron chi connectivity index (χ4n) is 3.14. The van der Waals surface area contributed by atoms with Crippen LogP contribution < -0.4 is 5.73 Å². The molecule has 19 heavy (non-hydrogen) atoms. The SMILES string of the molecule is CCSC1CCCC1n1cncc1C(N)CC(C)C. The predicted octanol–water partition coefficient (Wildman–Crippen LogP) is 3.78. The van der Waals surface area contributed by atoms with E-state index in [1.807, 2.05) is 12.5 Å². The van der Waals surface area contributed by atoms with Gasteiger partial charge in [-0.15, -0.1) is 0 Å². The van der Waals surface area contributed by atoms with Crippen molar-refractivity contribution < 1.29 is 0 Å². The van der Waals surface area contributed by atoms with Crippen molar-refractivity contribution in [3.05, 3.63) is 18.2 Å². The zero-order valence-electron chi connectivity index (χ0n) is 12.4. The summed E-state index contributed by atoms with van der Waals surface area (Å²) in [5.41, 5.74) is 7.58. The minimum absolute atomic E-state index is 0.121. The monoisotopic (exact) mass is 281 g/mol. The van der Waals surface area contributed by atoms with Crippen molar-refractivity contribution in [2.24, 2.45) is 11.7 Å². The molecule has 0 bridgehead atoms. The Balaban J connectivity index is 2.14. The smallest absolute Gasteiger partial charge is 0.0951 e. The Labute approximate surface area is 121 Å².